The summed E-state index contributed by atoms with van der Waals surface area (Å²) >= 11 is 0. The third-order valence-electron chi connectivity index (χ3n) is 6.93. The zero-order valence-corrected chi connectivity index (χ0v) is 19.3. The molecule has 0 aliphatic carbocycles. The van der Waals surface area contributed by atoms with Gasteiger partial charge in [0.15, 0.2) is 0 Å². The van der Waals surface area contributed by atoms with Gasteiger partial charge in [-0.2, -0.15) is 5.10 Å². The van der Waals surface area contributed by atoms with Gasteiger partial charge in [0.2, 0.25) is 11.8 Å². The number of likely N-dealkylation sites (N-methyl/N-ethyl adjacent to an activating group) is 1. The minimum atomic E-state index is -0.638. The molecule has 1 atom stereocenters. The molecule has 0 N–H and O–H groups in total. The first-order chi connectivity index (χ1) is 17.3. The Labute approximate surface area is 204 Å². The second kappa shape index (κ2) is 8.01. The van der Waals surface area contributed by atoms with E-state index in [0.717, 1.165) is 4.90 Å². The van der Waals surface area contributed by atoms with Crippen LogP contribution in [0.1, 0.15) is 0 Å². The Kier molecular flexibility index (Phi) is 4.88. The fraction of sp³-hybridized carbons (Fsp3) is 0.240. The number of imide groups is 1. The van der Waals surface area contributed by atoms with Crippen molar-refractivity contribution in [3.8, 4) is 5.69 Å². The largest absolute Gasteiger partial charge is 0.325 e. The van der Waals surface area contributed by atoms with Crippen molar-refractivity contribution in [2.45, 2.75) is 0 Å². The number of fused-ring (bicyclic) bond motifs is 2. The molecule has 0 spiro atoms. The average molecular weight is 488 g/mol. The van der Waals surface area contributed by atoms with Gasteiger partial charge in [0.25, 0.3) is 5.91 Å². The molecule has 6 rings (SSSR count). The molecular weight excluding hydrogens is 467 g/mol. The first-order valence-electron chi connectivity index (χ1n) is 11.5. The van der Waals surface area contributed by atoms with Gasteiger partial charge in [0.05, 0.1) is 23.3 Å². The molecule has 182 valence electrons. The number of aromatic nitrogens is 2. The standard InChI is InChI=1S/C25H21FN6O4/c1-28-23(34)16-12-30(13-17(16)24(28)35)22(33)14-29-9-10-31(25(29)36)19-7-4-8-20-15(19)11-27-32(20)21-6-3-2-5-18(21)26/h2-8,11-12,17H,9-10,13-14H2,1H3/t17-/m0/s1. The molecule has 2 saturated heterocycles. The van der Waals surface area contributed by atoms with Crippen LogP contribution in [0.4, 0.5) is 14.9 Å². The summed E-state index contributed by atoms with van der Waals surface area (Å²) < 4.78 is 15.9. The Bertz CT molecular complexity index is 1500. The van der Waals surface area contributed by atoms with E-state index in [2.05, 4.69) is 5.10 Å². The summed E-state index contributed by atoms with van der Waals surface area (Å²) in [5.74, 6) is -2.13. The Morgan fingerprint density at radius 1 is 1.06 bits per heavy atom. The number of hydrogen-bond donors (Lipinski definition) is 0. The number of likely N-dealkylation sites (tertiary alicyclic amines) is 1. The van der Waals surface area contributed by atoms with E-state index in [0.29, 0.717) is 40.9 Å². The minimum absolute atomic E-state index is 0.101. The summed E-state index contributed by atoms with van der Waals surface area (Å²) in [4.78, 5) is 55.9. The van der Waals surface area contributed by atoms with Crippen molar-refractivity contribution in [2.75, 3.05) is 38.1 Å². The lowest BCUT2D eigenvalue weighted by Gasteiger charge is -2.22. The topological polar surface area (TPSA) is 99.1 Å². The summed E-state index contributed by atoms with van der Waals surface area (Å²) in [6.45, 7) is 0.621. The van der Waals surface area contributed by atoms with E-state index in [9.17, 15) is 23.6 Å². The molecule has 3 aliphatic rings. The van der Waals surface area contributed by atoms with Gasteiger partial charge in [0, 0.05) is 43.8 Å². The number of halogens is 1. The lowest BCUT2D eigenvalue weighted by Crippen LogP contribution is -2.41. The van der Waals surface area contributed by atoms with Crippen LogP contribution in [0.25, 0.3) is 16.6 Å². The average Bonchev–Trinajstić information content (AvgIpc) is 3.63. The normalized spacial score (nSPS) is 19.7. The number of amides is 5. The number of para-hydroxylation sites is 1. The second-order valence-corrected chi connectivity index (χ2v) is 8.96. The molecule has 11 heteroatoms. The van der Waals surface area contributed by atoms with Crippen LogP contribution in [0, 0.1) is 11.7 Å². The van der Waals surface area contributed by atoms with Crippen LogP contribution < -0.4 is 4.90 Å². The minimum Gasteiger partial charge on any atom is -0.316 e. The van der Waals surface area contributed by atoms with Crippen LogP contribution in [-0.2, 0) is 14.4 Å². The molecule has 0 radical (unpaired) electrons. The molecule has 2 fully saturated rings. The van der Waals surface area contributed by atoms with Gasteiger partial charge in [-0.15, -0.1) is 0 Å². The van der Waals surface area contributed by atoms with Gasteiger partial charge in [-0.05, 0) is 24.3 Å². The molecule has 1 aromatic heterocycles. The molecule has 0 saturated carbocycles. The van der Waals surface area contributed by atoms with E-state index < -0.39 is 17.6 Å². The molecule has 2 aromatic carbocycles. The van der Waals surface area contributed by atoms with E-state index in [1.165, 1.54) is 33.8 Å². The van der Waals surface area contributed by atoms with Gasteiger partial charge < -0.3 is 9.80 Å². The Morgan fingerprint density at radius 3 is 2.61 bits per heavy atom. The van der Waals surface area contributed by atoms with Crippen LogP contribution in [0.15, 0.2) is 60.4 Å². The predicted molar refractivity (Wildman–Crippen MR) is 126 cm³/mol. The maximum Gasteiger partial charge on any atom is 0.325 e. The maximum atomic E-state index is 14.4. The molecule has 3 aliphatic heterocycles. The number of urea groups is 1. The number of hydrogen-bond acceptors (Lipinski definition) is 5. The summed E-state index contributed by atoms with van der Waals surface area (Å²) in [6, 6.07) is 11.3. The maximum absolute atomic E-state index is 14.4. The van der Waals surface area contributed by atoms with Crippen molar-refractivity contribution >= 4 is 40.3 Å². The SMILES string of the molecule is CN1C(=O)C2=CN(C(=O)CN3CCN(c4cccc5c4cnn5-c4ccccc4F)C3=O)C[C@@H]2C1=O. The lowest BCUT2D eigenvalue weighted by molar-refractivity contribution is -0.137. The summed E-state index contributed by atoms with van der Waals surface area (Å²) in [5, 5.41) is 5.03. The highest BCUT2D eigenvalue weighted by atomic mass is 19.1. The van der Waals surface area contributed by atoms with Crippen LogP contribution in [0.2, 0.25) is 0 Å². The second-order valence-electron chi connectivity index (χ2n) is 8.96. The Hall–Kier alpha value is -4.54. The van der Waals surface area contributed by atoms with Crippen molar-refractivity contribution in [1.82, 2.24) is 24.5 Å². The smallest absolute Gasteiger partial charge is 0.316 e. The molecule has 0 unspecified atom stereocenters. The highest BCUT2D eigenvalue weighted by Crippen LogP contribution is 2.33. The molecule has 3 aromatic rings. The molecule has 5 amide bonds. The number of rotatable bonds is 4. The summed E-state index contributed by atoms with van der Waals surface area (Å²) in [6.07, 6.45) is 3.02. The highest BCUT2D eigenvalue weighted by Gasteiger charge is 2.46. The molecule has 0 bridgehead atoms. The Balaban J connectivity index is 1.21. The zero-order chi connectivity index (χ0) is 25.1. The first kappa shape index (κ1) is 22.0. The summed E-state index contributed by atoms with van der Waals surface area (Å²) in [5.41, 5.74) is 1.88. The highest BCUT2D eigenvalue weighted by molar-refractivity contribution is 6.15. The zero-order valence-electron chi connectivity index (χ0n) is 19.3. The number of benzene rings is 2. The van der Waals surface area contributed by atoms with Gasteiger partial charge in [-0.1, -0.05) is 18.2 Å². The van der Waals surface area contributed by atoms with Crippen molar-refractivity contribution in [2.24, 2.45) is 5.92 Å². The van der Waals surface area contributed by atoms with Crippen molar-refractivity contribution in [3.63, 3.8) is 0 Å². The van der Waals surface area contributed by atoms with Crippen molar-refractivity contribution in [3.05, 3.63) is 66.3 Å². The van der Waals surface area contributed by atoms with E-state index in [4.69, 9.17) is 0 Å². The molecule has 36 heavy (non-hydrogen) atoms. The third-order valence-corrected chi connectivity index (χ3v) is 6.93. The first-order valence-corrected chi connectivity index (χ1v) is 11.5. The van der Waals surface area contributed by atoms with E-state index in [1.54, 1.807) is 47.5 Å². The van der Waals surface area contributed by atoms with Gasteiger partial charge in [-0.25, -0.2) is 13.9 Å². The fourth-order valence-corrected chi connectivity index (χ4v) is 5.02. The van der Waals surface area contributed by atoms with Crippen LogP contribution in [0.5, 0.6) is 0 Å². The fourth-order valence-electron chi connectivity index (χ4n) is 5.02. The summed E-state index contributed by atoms with van der Waals surface area (Å²) in [7, 11) is 1.42. The van der Waals surface area contributed by atoms with Gasteiger partial charge in [-0.3, -0.25) is 24.2 Å². The molecular formula is C25H21FN6O4. The predicted octanol–water partition coefficient (Wildman–Crippen LogP) is 1.75. The number of anilines is 1. The molecule has 10 nitrogen and oxygen atoms in total. The van der Waals surface area contributed by atoms with E-state index >= 15 is 0 Å². The molecule has 4 heterocycles. The third kappa shape index (κ3) is 3.19. The van der Waals surface area contributed by atoms with E-state index in [-0.39, 0.29) is 30.9 Å². The van der Waals surface area contributed by atoms with Crippen LogP contribution in [0.3, 0.4) is 0 Å². The number of carbonyl (C=O) groups excluding carboxylic acids is 4. The quantitative estimate of drug-likeness (QED) is 0.521. The van der Waals surface area contributed by atoms with Crippen LogP contribution >= 0.6 is 0 Å². The van der Waals surface area contributed by atoms with Crippen LogP contribution in [-0.4, -0.2) is 81.5 Å². The lowest BCUT2D eigenvalue weighted by atomic mass is 10.1. The van der Waals surface area contributed by atoms with Crippen molar-refractivity contribution < 1.29 is 23.6 Å². The van der Waals surface area contributed by atoms with Gasteiger partial charge in [0.1, 0.15) is 18.0 Å². The number of carbonyl (C=O) groups is 4. The van der Waals surface area contributed by atoms with Gasteiger partial charge >= 0.3 is 6.03 Å². The van der Waals surface area contributed by atoms with E-state index in [1.807, 2.05) is 0 Å². The monoisotopic (exact) mass is 488 g/mol. The number of nitrogens with zero attached hydrogens (tertiary/aromatic N) is 6. The Morgan fingerprint density at radius 2 is 1.83 bits per heavy atom. The van der Waals surface area contributed by atoms with Crippen molar-refractivity contribution in [1.29, 1.82) is 0 Å².